The van der Waals surface area contributed by atoms with E-state index in [0.717, 1.165) is 47.1 Å². The molecular weight excluding hydrogens is 426 g/mol. The monoisotopic (exact) mass is 453 g/mol. The first-order chi connectivity index (χ1) is 16.9. The molecule has 34 heavy (non-hydrogen) atoms. The first kappa shape index (κ1) is 20.9. The van der Waals surface area contributed by atoms with Gasteiger partial charge in [0, 0.05) is 0 Å². The molecule has 3 aromatic carbocycles. The molecule has 7 heteroatoms. The van der Waals surface area contributed by atoms with Crippen LogP contribution >= 0.6 is 0 Å². The number of rotatable bonds is 6. The second-order valence-corrected chi connectivity index (χ2v) is 8.82. The molecule has 0 spiro atoms. The molecule has 1 unspecified atom stereocenters. The maximum absolute atomic E-state index is 5.71. The molecule has 172 valence electrons. The predicted octanol–water partition coefficient (Wildman–Crippen LogP) is 4.61. The summed E-state index contributed by atoms with van der Waals surface area (Å²) in [6.07, 6.45) is 3.60. The number of hydrogen-bond acceptors (Lipinski definition) is 6. The summed E-state index contributed by atoms with van der Waals surface area (Å²) in [6, 6.07) is 26.9. The SMILES string of the molecule is c1ccc(C(c2ccccc2)n2nnnc2C(c2ccc3c(c2)OCO3)N2CCCCC2)cc1. The number of piperidine rings is 1. The lowest BCUT2D eigenvalue weighted by Crippen LogP contribution is -2.36. The van der Waals surface area contributed by atoms with E-state index in [2.05, 4.69) is 81.1 Å². The summed E-state index contributed by atoms with van der Waals surface area (Å²) in [6.45, 7) is 2.27. The summed E-state index contributed by atoms with van der Waals surface area (Å²) in [5, 5.41) is 13.4. The van der Waals surface area contributed by atoms with Crippen molar-refractivity contribution in [2.24, 2.45) is 0 Å². The van der Waals surface area contributed by atoms with Crippen molar-refractivity contribution in [1.82, 2.24) is 25.1 Å². The van der Waals surface area contributed by atoms with Gasteiger partial charge in [-0.15, -0.1) is 5.10 Å². The van der Waals surface area contributed by atoms with E-state index in [4.69, 9.17) is 9.47 Å². The molecule has 1 saturated heterocycles. The van der Waals surface area contributed by atoms with Gasteiger partial charge in [-0.1, -0.05) is 73.2 Å². The minimum absolute atomic E-state index is 0.0836. The van der Waals surface area contributed by atoms with Crippen LogP contribution in [0.4, 0.5) is 0 Å². The topological polar surface area (TPSA) is 65.3 Å². The first-order valence-electron chi connectivity index (χ1n) is 11.9. The second kappa shape index (κ2) is 9.27. The third kappa shape index (κ3) is 3.92. The fourth-order valence-electron chi connectivity index (χ4n) is 5.09. The van der Waals surface area contributed by atoms with Gasteiger partial charge >= 0.3 is 0 Å². The highest BCUT2D eigenvalue weighted by Crippen LogP contribution is 2.39. The molecule has 1 fully saturated rings. The molecule has 1 aromatic heterocycles. The van der Waals surface area contributed by atoms with E-state index in [1.807, 2.05) is 22.9 Å². The summed E-state index contributed by atoms with van der Waals surface area (Å²) >= 11 is 0. The van der Waals surface area contributed by atoms with Crippen LogP contribution in [0.2, 0.25) is 0 Å². The average molecular weight is 454 g/mol. The summed E-state index contributed by atoms with van der Waals surface area (Å²) in [5.74, 6) is 2.40. The van der Waals surface area contributed by atoms with Crippen LogP contribution in [0.5, 0.6) is 11.5 Å². The Morgan fingerprint density at radius 3 is 2.06 bits per heavy atom. The van der Waals surface area contributed by atoms with Gasteiger partial charge in [-0.3, -0.25) is 4.90 Å². The van der Waals surface area contributed by atoms with Gasteiger partial charge in [0.05, 0.1) is 6.04 Å². The lowest BCUT2D eigenvalue weighted by molar-refractivity contribution is 0.172. The van der Waals surface area contributed by atoms with Crippen LogP contribution in [-0.4, -0.2) is 45.0 Å². The van der Waals surface area contributed by atoms with E-state index in [-0.39, 0.29) is 18.9 Å². The third-order valence-electron chi connectivity index (χ3n) is 6.71. The van der Waals surface area contributed by atoms with Crippen LogP contribution in [0.15, 0.2) is 78.9 Å². The number of ether oxygens (including phenoxy) is 2. The Labute approximate surface area is 198 Å². The second-order valence-electron chi connectivity index (χ2n) is 8.82. The van der Waals surface area contributed by atoms with Crippen LogP contribution in [0.25, 0.3) is 0 Å². The van der Waals surface area contributed by atoms with Gasteiger partial charge in [0.2, 0.25) is 6.79 Å². The van der Waals surface area contributed by atoms with Crippen LogP contribution in [0, 0.1) is 0 Å². The quantitative estimate of drug-likeness (QED) is 0.425. The summed E-state index contributed by atoms with van der Waals surface area (Å²) in [4.78, 5) is 2.50. The molecule has 2 aliphatic heterocycles. The fourth-order valence-corrected chi connectivity index (χ4v) is 5.09. The van der Waals surface area contributed by atoms with Crippen molar-refractivity contribution in [1.29, 1.82) is 0 Å². The Hall–Kier alpha value is -3.71. The standard InChI is InChI=1S/C27H27N5O2/c1-4-10-20(11-5-1)25(21-12-6-2-7-13-21)32-27(28-29-30-32)26(31-16-8-3-9-17-31)22-14-15-23-24(18-22)34-19-33-23/h1-2,4-7,10-15,18,25-26H,3,8-9,16-17,19H2. The van der Waals surface area contributed by atoms with Gasteiger partial charge in [0.15, 0.2) is 17.3 Å². The van der Waals surface area contributed by atoms with Crippen LogP contribution in [-0.2, 0) is 0 Å². The average Bonchev–Trinajstić information content (AvgIpc) is 3.56. The number of likely N-dealkylation sites (tertiary alicyclic amines) is 1. The molecular formula is C27H27N5O2. The lowest BCUT2D eigenvalue weighted by atomic mass is 9.96. The van der Waals surface area contributed by atoms with Gasteiger partial charge in [-0.25, -0.2) is 4.68 Å². The highest BCUT2D eigenvalue weighted by atomic mass is 16.7. The number of benzene rings is 3. The van der Waals surface area contributed by atoms with E-state index in [1.54, 1.807) is 0 Å². The highest BCUT2D eigenvalue weighted by molar-refractivity contribution is 5.46. The van der Waals surface area contributed by atoms with E-state index < -0.39 is 0 Å². The van der Waals surface area contributed by atoms with E-state index >= 15 is 0 Å². The fraction of sp³-hybridized carbons (Fsp3) is 0.296. The normalized spacial score (nSPS) is 16.6. The molecule has 4 aromatic rings. The van der Waals surface area contributed by atoms with Crippen LogP contribution < -0.4 is 9.47 Å². The summed E-state index contributed by atoms with van der Waals surface area (Å²) in [5.41, 5.74) is 3.40. The van der Waals surface area contributed by atoms with Crippen LogP contribution in [0.3, 0.4) is 0 Å². The van der Waals surface area contributed by atoms with Crippen molar-refractivity contribution in [3.05, 3.63) is 101 Å². The van der Waals surface area contributed by atoms with Gasteiger partial charge in [0.25, 0.3) is 0 Å². The molecule has 0 bridgehead atoms. The molecule has 0 saturated carbocycles. The minimum Gasteiger partial charge on any atom is -0.454 e. The third-order valence-corrected chi connectivity index (χ3v) is 6.71. The van der Waals surface area contributed by atoms with E-state index in [9.17, 15) is 0 Å². The molecule has 0 amide bonds. The number of hydrogen-bond donors (Lipinski definition) is 0. The Balaban J connectivity index is 1.49. The molecule has 6 rings (SSSR count). The van der Waals surface area contributed by atoms with Gasteiger partial charge < -0.3 is 9.47 Å². The Bertz CT molecular complexity index is 1200. The van der Waals surface area contributed by atoms with Crippen molar-refractivity contribution < 1.29 is 9.47 Å². The number of aromatic nitrogens is 4. The van der Waals surface area contributed by atoms with Crippen molar-refractivity contribution in [2.45, 2.75) is 31.3 Å². The zero-order valence-corrected chi connectivity index (χ0v) is 19.0. The minimum atomic E-state index is -0.131. The maximum Gasteiger partial charge on any atom is 0.231 e. The molecule has 0 radical (unpaired) electrons. The van der Waals surface area contributed by atoms with Gasteiger partial charge in [0.1, 0.15) is 6.04 Å². The molecule has 7 nitrogen and oxygen atoms in total. The first-order valence-corrected chi connectivity index (χ1v) is 11.9. The smallest absolute Gasteiger partial charge is 0.231 e. The zero-order valence-electron chi connectivity index (χ0n) is 19.0. The molecule has 2 aliphatic rings. The number of nitrogens with zero attached hydrogens (tertiary/aromatic N) is 5. The van der Waals surface area contributed by atoms with E-state index in [0.29, 0.717) is 0 Å². The maximum atomic E-state index is 5.71. The Kier molecular flexibility index (Phi) is 5.69. The zero-order chi connectivity index (χ0) is 22.7. The molecule has 0 aliphatic carbocycles. The molecule has 3 heterocycles. The number of fused-ring (bicyclic) bond motifs is 1. The van der Waals surface area contributed by atoms with Gasteiger partial charge in [-0.05, 0) is 65.2 Å². The van der Waals surface area contributed by atoms with Crippen LogP contribution in [0.1, 0.15) is 53.9 Å². The predicted molar refractivity (Wildman–Crippen MR) is 128 cm³/mol. The number of tetrazole rings is 1. The van der Waals surface area contributed by atoms with Crippen molar-refractivity contribution in [3.8, 4) is 11.5 Å². The largest absolute Gasteiger partial charge is 0.454 e. The lowest BCUT2D eigenvalue weighted by Gasteiger charge is -2.35. The Morgan fingerprint density at radius 2 is 1.35 bits per heavy atom. The Morgan fingerprint density at radius 1 is 0.676 bits per heavy atom. The van der Waals surface area contributed by atoms with Crippen molar-refractivity contribution >= 4 is 0 Å². The summed E-state index contributed by atoms with van der Waals surface area (Å²) in [7, 11) is 0. The summed E-state index contributed by atoms with van der Waals surface area (Å²) < 4.78 is 13.3. The highest BCUT2D eigenvalue weighted by Gasteiger charge is 2.33. The van der Waals surface area contributed by atoms with Crippen molar-refractivity contribution in [3.63, 3.8) is 0 Å². The van der Waals surface area contributed by atoms with Crippen molar-refractivity contribution in [2.75, 3.05) is 19.9 Å². The van der Waals surface area contributed by atoms with Gasteiger partial charge in [-0.2, -0.15) is 0 Å². The molecule has 1 atom stereocenters. The molecule has 0 N–H and O–H groups in total. The van der Waals surface area contributed by atoms with E-state index in [1.165, 1.54) is 19.3 Å².